The minimum Gasteiger partial charge on any atom is -0.481 e. The van der Waals surface area contributed by atoms with Gasteiger partial charge in [0.05, 0.1) is 5.92 Å². The van der Waals surface area contributed by atoms with Gasteiger partial charge in [-0.05, 0) is 24.1 Å². The highest BCUT2D eigenvalue weighted by molar-refractivity contribution is 9.09. The summed E-state index contributed by atoms with van der Waals surface area (Å²) in [6.45, 7) is 0. The molecule has 0 aromatic heterocycles. The Morgan fingerprint density at radius 1 is 1.43 bits per heavy atom. The quantitative estimate of drug-likeness (QED) is 0.858. The van der Waals surface area contributed by atoms with Crippen molar-refractivity contribution in [3.63, 3.8) is 0 Å². The van der Waals surface area contributed by atoms with Crippen molar-refractivity contribution in [2.24, 2.45) is 0 Å². The third-order valence-corrected chi connectivity index (χ3v) is 2.68. The average molecular weight is 278 g/mol. The normalized spacial score (nSPS) is 12.4. The standard InChI is InChI=1S/C10H10BrClO2/c11-6-5-9(10(13)14)7-1-3-8(12)4-2-7/h1-4,9H,5-6H2,(H,13,14)/t9-/m0/s1. The van der Waals surface area contributed by atoms with Crippen molar-refractivity contribution >= 4 is 33.5 Å². The first kappa shape index (κ1) is 11.5. The lowest BCUT2D eigenvalue weighted by molar-refractivity contribution is -0.138. The molecule has 0 saturated carbocycles. The largest absolute Gasteiger partial charge is 0.481 e. The molecule has 0 aliphatic carbocycles. The highest BCUT2D eigenvalue weighted by atomic mass is 79.9. The smallest absolute Gasteiger partial charge is 0.311 e. The first-order valence-corrected chi connectivity index (χ1v) is 5.69. The fourth-order valence-electron chi connectivity index (χ4n) is 1.24. The van der Waals surface area contributed by atoms with E-state index in [1.54, 1.807) is 24.3 Å². The Kier molecular flexibility index (Phi) is 4.42. The van der Waals surface area contributed by atoms with E-state index in [9.17, 15) is 4.79 Å². The van der Waals surface area contributed by atoms with E-state index >= 15 is 0 Å². The Hall–Kier alpha value is -0.540. The second-order valence-electron chi connectivity index (χ2n) is 2.92. The van der Waals surface area contributed by atoms with Crippen LogP contribution in [0, 0.1) is 0 Å². The lowest BCUT2D eigenvalue weighted by atomic mass is 9.97. The maximum Gasteiger partial charge on any atom is 0.311 e. The molecule has 1 aromatic rings. The average Bonchev–Trinajstić information content (AvgIpc) is 2.15. The molecule has 1 rings (SSSR count). The van der Waals surface area contributed by atoms with Crippen LogP contribution in [0.2, 0.25) is 5.02 Å². The second kappa shape index (κ2) is 5.37. The summed E-state index contributed by atoms with van der Waals surface area (Å²) in [6.07, 6.45) is 0.580. The number of hydrogen-bond donors (Lipinski definition) is 1. The van der Waals surface area contributed by atoms with Gasteiger partial charge in [-0.2, -0.15) is 0 Å². The molecule has 76 valence electrons. The number of carbonyl (C=O) groups is 1. The van der Waals surface area contributed by atoms with Crippen LogP contribution in [0.3, 0.4) is 0 Å². The van der Waals surface area contributed by atoms with Crippen molar-refractivity contribution in [2.75, 3.05) is 5.33 Å². The van der Waals surface area contributed by atoms with Gasteiger partial charge in [0.25, 0.3) is 0 Å². The number of halogens is 2. The Bertz CT molecular complexity index is 310. The molecule has 0 unspecified atom stereocenters. The molecule has 1 N–H and O–H groups in total. The van der Waals surface area contributed by atoms with E-state index in [-0.39, 0.29) is 0 Å². The summed E-state index contributed by atoms with van der Waals surface area (Å²) in [5.41, 5.74) is 0.793. The van der Waals surface area contributed by atoms with E-state index in [1.807, 2.05) is 0 Å². The molecule has 1 aromatic carbocycles. The maximum absolute atomic E-state index is 10.9. The molecule has 0 bridgehead atoms. The summed E-state index contributed by atoms with van der Waals surface area (Å²) >= 11 is 8.96. The molecule has 2 nitrogen and oxygen atoms in total. The first-order chi connectivity index (χ1) is 6.65. The molecule has 4 heteroatoms. The van der Waals surface area contributed by atoms with Crippen LogP contribution in [0.15, 0.2) is 24.3 Å². The topological polar surface area (TPSA) is 37.3 Å². The number of rotatable bonds is 4. The van der Waals surface area contributed by atoms with Crippen molar-refractivity contribution in [1.29, 1.82) is 0 Å². The van der Waals surface area contributed by atoms with Crippen LogP contribution in [0.25, 0.3) is 0 Å². The van der Waals surface area contributed by atoms with Crippen LogP contribution in [-0.4, -0.2) is 16.4 Å². The van der Waals surface area contributed by atoms with Crippen LogP contribution < -0.4 is 0 Å². The number of alkyl halides is 1. The maximum atomic E-state index is 10.9. The fraction of sp³-hybridized carbons (Fsp3) is 0.300. The van der Waals surface area contributed by atoms with Crippen LogP contribution in [0.1, 0.15) is 17.9 Å². The van der Waals surface area contributed by atoms with Gasteiger partial charge in [-0.15, -0.1) is 0 Å². The zero-order valence-electron chi connectivity index (χ0n) is 7.41. The van der Waals surface area contributed by atoms with Gasteiger partial charge in [0, 0.05) is 10.4 Å². The second-order valence-corrected chi connectivity index (χ2v) is 4.15. The molecule has 14 heavy (non-hydrogen) atoms. The van der Waals surface area contributed by atoms with Crippen LogP contribution in [0.5, 0.6) is 0 Å². The van der Waals surface area contributed by atoms with Gasteiger partial charge in [-0.3, -0.25) is 4.79 Å². The summed E-state index contributed by atoms with van der Waals surface area (Å²) in [4.78, 5) is 10.9. The summed E-state index contributed by atoms with van der Waals surface area (Å²) < 4.78 is 0. The lowest BCUT2D eigenvalue weighted by Gasteiger charge is -2.10. The number of carboxylic acids is 1. The third-order valence-electron chi connectivity index (χ3n) is 1.97. The van der Waals surface area contributed by atoms with Crippen molar-refractivity contribution < 1.29 is 9.90 Å². The Morgan fingerprint density at radius 3 is 2.43 bits per heavy atom. The molecule has 0 heterocycles. The van der Waals surface area contributed by atoms with Crippen LogP contribution >= 0.6 is 27.5 Å². The summed E-state index contributed by atoms with van der Waals surface area (Å²) in [5, 5.41) is 10.3. The molecule has 0 aliphatic rings. The summed E-state index contributed by atoms with van der Waals surface area (Å²) in [7, 11) is 0. The minimum atomic E-state index is -0.799. The van der Waals surface area contributed by atoms with Gasteiger partial charge in [-0.25, -0.2) is 0 Å². The molecule has 0 spiro atoms. The van der Waals surface area contributed by atoms with Gasteiger partial charge >= 0.3 is 5.97 Å². The predicted octanol–water partition coefficient (Wildman–Crippen LogP) is 3.29. The van der Waals surface area contributed by atoms with E-state index in [4.69, 9.17) is 16.7 Å². The lowest BCUT2D eigenvalue weighted by Crippen LogP contribution is -2.11. The highest BCUT2D eigenvalue weighted by Crippen LogP contribution is 2.22. The van der Waals surface area contributed by atoms with Crippen LogP contribution in [0.4, 0.5) is 0 Å². The van der Waals surface area contributed by atoms with E-state index < -0.39 is 11.9 Å². The third kappa shape index (κ3) is 3.00. The van der Waals surface area contributed by atoms with E-state index in [0.717, 1.165) is 5.56 Å². The Balaban J connectivity index is 2.87. The molecular weight excluding hydrogens is 267 g/mol. The molecule has 0 saturated heterocycles. The zero-order valence-corrected chi connectivity index (χ0v) is 9.75. The van der Waals surface area contributed by atoms with Crippen molar-refractivity contribution in [1.82, 2.24) is 0 Å². The Labute approximate surface area is 96.0 Å². The Morgan fingerprint density at radius 2 is 2.00 bits per heavy atom. The van der Waals surface area contributed by atoms with E-state index in [2.05, 4.69) is 15.9 Å². The van der Waals surface area contributed by atoms with Crippen molar-refractivity contribution in [2.45, 2.75) is 12.3 Å². The number of aliphatic carboxylic acids is 1. The van der Waals surface area contributed by atoms with Crippen molar-refractivity contribution in [3.05, 3.63) is 34.9 Å². The van der Waals surface area contributed by atoms with Crippen molar-refractivity contribution in [3.8, 4) is 0 Å². The molecule has 0 amide bonds. The van der Waals surface area contributed by atoms with Gasteiger partial charge in [0.15, 0.2) is 0 Å². The predicted molar refractivity (Wildman–Crippen MR) is 60.2 cm³/mol. The summed E-state index contributed by atoms with van der Waals surface area (Å²) in [6, 6.07) is 6.93. The summed E-state index contributed by atoms with van der Waals surface area (Å²) in [5.74, 6) is -1.25. The number of carboxylic acid groups (broad SMARTS) is 1. The number of hydrogen-bond acceptors (Lipinski definition) is 1. The molecular formula is C10H10BrClO2. The fourth-order valence-corrected chi connectivity index (χ4v) is 1.82. The number of benzene rings is 1. The van der Waals surface area contributed by atoms with Gasteiger partial charge in [0.2, 0.25) is 0 Å². The van der Waals surface area contributed by atoms with Gasteiger partial charge < -0.3 is 5.11 Å². The monoisotopic (exact) mass is 276 g/mol. The van der Waals surface area contributed by atoms with Crippen LogP contribution in [-0.2, 0) is 4.79 Å². The molecule has 0 radical (unpaired) electrons. The molecule has 0 aliphatic heterocycles. The molecule has 1 atom stereocenters. The highest BCUT2D eigenvalue weighted by Gasteiger charge is 2.18. The minimum absolute atomic E-state index is 0.452. The first-order valence-electron chi connectivity index (χ1n) is 4.19. The van der Waals surface area contributed by atoms with Gasteiger partial charge in [0.1, 0.15) is 0 Å². The zero-order chi connectivity index (χ0) is 10.6. The van der Waals surface area contributed by atoms with Gasteiger partial charge in [-0.1, -0.05) is 39.7 Å². The SMILES string of the molecule is O=C(O)[C@@H](CCBr)c1ccc(Cl)cc1. The van der Waals surface area contributed by atoms with E-state index in [1.165, 1.54) is 0 Å². The molecule has 0 fully saturated rings. The van der Waals surface area contributed by atoms with E-state index in [0.29, 0.717) is 16.8 Å².